The van der Waals surface area contributed by atoms with E-state index < -0.39 is 0 Å². The van der Waals surface area contributed by atoms with E-state index in [4.69, 9.17) is 0 Å². The third kappa shape index (κ3) is 4.22. The average Bonchev–Trinajstić information content (AvgIpc) is 3.03. The summed E-state index contributed by atoms with van der Waals surface area (Å²) in [5, 5.41) is 3.33. The summed E-state index contributed by atoms with van der Waals surface area (Å²) in [7, 11) is 1.63. The number of nitrogens with zero attached hydrogens (tertiary/aromatic N) is 3. The first-order valence-electron chi connectivity index (χ1n) is 9.43. The molecule has 2 amide bonds. The largest absolute Gasteiger partial charge is 0.329 e. The van der Waals surface area contributed by atoms with Crippen LogP contribution < -0.4 is 10.9 Å². The normalized spacial score (nSPS) is 10.9. The number of nitrogens with one attached hydrogen (secondary N) is 1. The summed E-state index contributed by atoms with van der Waals surface area (Å²) in [5.74, 6) is -0.511. The fraction of sp³-hybridized carbons (Fsp3) is 0.333. The van der Waals surface area contributed by atoms with Crippen molar-refractivity contribution < 1.29 is 9.59 Å². The van der Waals surface area contributed by atoms with E-state index in [-0.39, 0.29) is 23.9 Å². The maximum Gasteiger partial charge on any atom is 0.264 e. The third-order valence-corrected chi connectivity index (χ3v) is 5.93. The maximum atomic E-state index is 13.2. The zero-order chi connectivity index (χ0) is 21.1. The summed E-state index contributed by atoms with van der Waals surface area (Å²) in [6.45, 7) is 6.01. The highest BCUT2D eigenvalue weighted by molar-refractivity contribution is 7.20. The standard InChI is InChI=1S/C21H24N4O3S/c1-5-10-25(11-16(26)23-15-9-7-6-8-13(15)2)21(28)18-14(3)17-19(29-18)22-12-24(4)20(17)27/h6-9,12H,5,10-11H2,1-4H3,(H,23,26). The van der Waals surface area contributed by atoms with E-state index in [0.29, 0.717) is 33.6 Å². The van der Waals surface area contributed by atoms with Crippen LogP contribution in [0, 0.1) is 13.8 Å². The Morgan fingerprint density at radius 1 is 1.24 bits per heavy atom. The number of anilines is 1. The van der Waals surface area contributed by atoms with Gasteiger partial charge in [0.05, 0.1) is 16.6 Å². The van der Waals surface area contributed by atoms with E-state index in [1.165, 1.54) is 27.1 Å². The maximum absolute atomic E-state index is 13.2. The lowest BCUT2D eigenvalue weighted by atomic mass is 10.2. The van der Waals surface area contributed by atoms with E-state index >= 15 is 0 Å². The number of para-hydroxylation sites is 1. The summed E-state index contributed by atoms with van der Waals surface area (Å²) in [5.41, 5.74) is 2.12. The van der Waals surface area contributed by atoms with Crippen molar-refractivity contribution in [1.29, 1.82) is 0 Å². The van der Waals surface area contributed by atoms with Crippen LogP contribution in [-0.4, -0.2) is 39.4 Å². The van der Waals surface area contributed by atoms with E-state index in [9.17, 15) is 14.4 Å². The molecule has 2 heterocycles. The van der Waals surface area contributed by atoms with Crippen LogP contribution in [-0.2, 0) is 11.8 Å². The lowest BCUT2D eigenvalue weighted by molar-refractivity contribution is -0.116. The second-order valence-corrected chi connectivity index (χ2v) is 7.99. The predicted molar refractivity (Wildman–Crippen MR) is 116 cm³/mol. The molecule has 7 nitrogen and oxygen atoms in total. The van der Waals surface area contributed by atoms with E-state index in [1.54, 1.807) is 14.0 Å². The number of benzene rings is 1. The highest BCUT2D eigenvalue weighted by Gasteiger charge is 2.24. The molecule has 1 N–H and O–H groups in total. The van der Waals surface area contributed by atoms with Crippen LogP contribution in [0.15, 0.2) is 35.4 Å². The SMILES string of the molecule is CCCN(CC(=O)Nc1ccccc1C)C(=O)c1sc2ncn(C)c(=O)c2c1C. The van der Waals surface area contributed by atoms with Crippen LogP contribution in [0.25, 0.3) is 10.2 Å². The monoisotopic (exact) mass is 412 g/mol. The minimum atomic E-state index is -0.256. The molecule has 0 saturated carbocycles. The van der Waals surface area contributed by atoms with Crippen LogP contribution in [0.4, 0.5) is 5.69 Å². The molecule has 2 aromatic heterocycles. The van der Waals surface area contributed by atoms with Crippen molar-refractivity contribution in [3.05, 3.63) is 57.0 Å². The molecular formula is C21H24N4O3S. The van der Waals surface area contributed by atoms with Crippen molar-refractivity contribution in [3.8, 4) is 0 Å². The number of carbonyl (C=O) groups excluding carboxylic acids is 2. The average molecular weight is 413 g/mol. The van der Waals surface area contributed by atoms with E-state index in [1.807, 2.05) is 38.1 Å². The van der Waals surface area contributed by atoms with Gasteiger partial charge in [-0.25, -0.2) is 4.98 Å². The molecule has 0 radical (unpaired) electrons. The summed E-state index contributed by atoms with van der Waals surface area (Å²) in [6.07, 6.45) is 2.17. The van der Waals surface area contributed by atoms with Crippen molar-refractivity contribution >= 4 is 39.1 Å². The number of thiophene rings is 1. The van der Waals surface area contributed by atoms with Gasteiger partial charge in [-0.2, -0.15) is 0 Å². The van der Waals surface area contributed by atoms with Gasteiger partial charge < -0.3 is 14.8 Å². The first-order valence-corrected chi connectivity index (χ1v) is 10.2. The molecule has 3 aromatic rings. The van der Waals surface area contributed by atoms with Gasteiger partial charge in [0.25, 0.3) is 11.5 Å². The minimum Gasteiger partial charge on any atom is -0.329 e. The summed E-state index contributed by atoms with van der Waals surface area (Å²) < 4.78 is 1.40. The fourth-order valence-corrected chi connectivity index (χ4v) is 4.26. The van der Waals surface area contributed by atoms with Gasteiger partial charge in [-0.1, -0.05) is 25.1 Å². The second kappa shape index (κ2) is 8.57. The van der Waals surface area contributed by atoms with Gasteiger partial charge in [0.2, 0.25) is 5.91 Å². The molecule has 0 bridgehead atoms. The topological polar surface area (TPSA) is 84.3 Å². The molecule has 0 saturated heterocycles. The Labute approximate surface area is 173 Å². The zero-order valence-corrected chi connectivity index (χ0v) is 17.8. The van der Waals surface area contributed by atoms with Gasteiger partial charge >= 0.3 is 0 Å². The van der Waals surface area contributed by atoms with Crippen molar-refractivity contribution in [1.82, 2.24) is 14.5 Å². The quantitative estimate of drug-likeness (QED) is 0.674. The molecule has 0 aliphatic carbocycles. The molecule has 0 aliphatic heterocycles. The van der Waals surface area contributed by atoms with Gasteiger partial charge in [0.1, 0.15) is 11.4 Å². The molecule has 3 rings (SSSR count). The molecule has 0 fully saturated rings. The van der Waals surface area contributed by atoms with Crippen LogP contribution in [0.1, 0.15) is 34.1 Å². The van der Waals surface area contributed by atoms with Crippen LogP contribution >= 0.6 is 11.3 Å². The van der Waals surface area contributed by atoms with Crippen LogP contribution in [0.2, 0.25) is 0 Å². The Morgan fingerprint density at radius 3 is 2.66 bits per heavy atom. The Hall–Kier alpha value is -3.00. The Kier molecular flexibility index (Phi) is 6.12. The number of aryl methyl sites for hydroxylation is 3. The summed E-state index contributed by atoms with van der Waals surface area (Å²) in [4.78, 5) is 45.0. The number of hydrogen-bond donors (Lipinski definition) is 1. The molecule has 0 aliphatic rings. The summed E-state index contributed by atoms with van der Waals surface area (Å²) >= 11 is 1.20. The molecule has 8 heteroatoms. The van der Waals surface area contributed by atoms with Crippen molar-refractivity contribution in [2.75, 3.05) is 18.4 Å². The first kappa shape index (κ1) is 20.7. The predicted octanol–water partition coefficient (Wildman–Crippen LogP) is 3.10. The van der Waals surface area contributed by atoms with Crippen molar-refractivity contribution in [3.63, 3.8) is 0 Å². The highest BCUT2D eigenvalue weighted by Crippen LogP contribution is 2.28. The fourth-order valence-electron chi connectivity index (χ4n) is 3.16. The van der Waals surface area contributed by atoms with Gasteiger partial charge in [-0.3, -0.25) is 14.4 Å². The van der Waals surface area contributed by atoms with Gasteiger partial charge in [0, 0.05) is 19.3 Å². The Morgan fingerprint density at radius 2 is 1.97 bits per heavy atom. The lowest BCUT2D eigenvalue weighted by Crippen LogP contribution is -2.38. The van der Waals surface area contributed by atoms with Gasteiger partial charge in [-0.15, -0.1) is 11.3 Å². The highest BCUT2D eigenvalue weighted by atomic mass is 32.1. The molecule has 0 atom stereocenters. The second-order valence-electron chi connectivity index (χ2n) is 6.99. The lowest BCUT2D eigenvalue weighted by Gasteiger charge is -2.21. The first-order chi connectivity index (χ1) is 13.8. The molecular weight excluding hydrogens is 388 g/mol. The zero-order valence-electron chi connectivity index (χ0n) is 17.0. The smallest absolute Gasteiger partial charge is 0.264 e. The molecule has 1 aromatic carbocycles. The van der Waals surface area contributed by atoms with Crippen molar-refractivity contribution in [2.24, 2.45) is 7.05 Å². The van der Waals surface area contributed by atoms with Gasteiger partial charge in [0.15, 0.2) is 0 Å². The van der Waals surface area contributed by atoms with Crippen LogP contribution in [0.3, 0.4) is 0 Å². The molecule has 29 heavy (non-hydrogen) atoms. The minimum absolute atomic E-state index is 0.0554. The van der Waals surface area contributed by atoms with Crippen molar-refractivity contribution in [2.45, 2.75) is 27.2 Å². The number of carbonyl (C=O) groups is 2. The number of aromatic nitrogens is 2. The number of amides is 2. The van der Waals surface area contributed by atoms with E-state index in [2.05, 4.69) is 10.3 Å². The molecule has 152 valence electrons. The number of rotatable bonds is 6. The van der Waals surface area contributed by atoms with Gasteiger partial charge in [-0.05, 0) is 37.5 Å². The third-order valence-electron chi connectivity index (χ3n) is 4.74. The van der Waals surface area contributed by atoms with E-state index in [0.717, 1.165) is 11.3 Å². The number of fused-ring (bicyclic) bond motifs is 1. The molecule has 0 unspecified atom stereocenters. The molecule has 0 spiro atoms. The van der Waals surface area contributed by atoms with Crippen LogP contribution in [0.5, 0.6) is 0 Å². The Balaban J connectivity index is 1.86. The number of hydrogen-bond acceptors (Lipinski definition) is 5. The summed E-state index contributed by atoms with van der Waals surface area (Å²) in [6, 6.07) is 7.50. The Bertz CT molecular complexity index is 1130.